The molecule has 1 saturated heterocycles. The number of carbonyl (C=O) groups is 1. The molecule has 1 aromatic carbocycles. The van der Waals surface area contributed by atoms with E-state index < -0.39 is 30.1 Å². The van der Waals surface area contributed by atoms with Crippen LogP contribution in [0.25, 0.3) is 6.08 Å². The Hall–Kier alpha value is -1.70. The minimum Gasteiger partial charge on any atom is -0.481 e. The Morgan fingerprint density at radius 3 is 2.36 bits per heavy atom. The molecule has 2 N–H and O–H groups in total. The lowest BCUT2D eigenvalue weighted by Crippen LogP contribution is -2.41. The van der Waals surface area contributed by atoms with Crippen LogP contribution >= 0.6 is 0 Å². The summed E-state index contributed by atoms with van der Waals surface area (Å²) in [7, 11) is 1.22. The maximum absolute atomic E-state index is 14.4. The molecule has 7 heteroatoms. The third kappa shape index (κ3) is 4.48. The number of carboxylic acid groups (broad SMARTS) is 1. The molecule has 1 aliphatic heterocycles. The summed E-state index contributed by atoms with van der Waals surface area (Å²) in [6, 6.07) is 4.44. The Morgan fingerprint density at radius 1 is 1.28 bits per heavy atom. The first kappa shape index (κ1) is 19.6. The molecule has 0 amide bonds. The van der Waals surface area contributed by atoms with E-state index in [2.05, 4.69) is 5.32 Å². The number of aliphatic carboxylic acids is 1. The summed E-state index contributed by atoms with van der Waals surface area (Å²) in [5.74, 6) is -1.46. The zero-order valence-electron chi connectivity index (χ0n) is 15.4. The second-order valence-electron chi connectivity index (χ2n) is 7.26. The van der Waals surface area contributed by atoms with Crippen LogP contribution in [0.15, 0.2) is 23.7 Å². The van der Waals surface area contributed by atoms with Crippen LogP contribution in [-0.4, -0.2) is 43.0 Å². The van der Waals surface area contributed by atoms with Gasteiger partial charge in [-0.1, -0.05) is 18.2 Å². The number of carboxylic acids is 1. The van der Waals surface area contributed by atoms with Crippen molar-refractivity contribution in [2.24, 2.45) is 0 Å². The van der Waals surface area contributed by atoms with Gasteiger partial charge in [0.2, 0.25) is 0 Å². The van der Waals surface area contributed by atoms with Crippen LogP contribution in [0.5, 0.6) is 0 Å². The standard InChI is InChI=1S/C18H25BFNO4/c1-17(2)18(3,4)25-19(24-17)14(11-21-5)10-13-7-6-12(8-15(13)20)9-16(22)23/h6-8,10,21H,9,11H2,1-5H3,(H,22,23). The monoisotopic (exact) mass is 349 g/mol. The van der Waals surface area contributed by atoms with Gasteiger partial charge in [0.1, 0.15) is 5.82 Å². The summed E-state index contributed by atoms with van der Waals surface area (Å²) < 4.78 is 26.4. The van der Waals surface area contributed by atoms with Gasteiger partial charge in [-0.05, 0) is 51.8 Å². The number of halogens is 1. The van der Waals surface area contributed by atoms with Gasteiger partial charge in [-0.15, -0.1) is 0 Å². The van der Waals surface area contributed by atoms with E-state index >= 15 is 0 Å². The van der Waals surface area contributed by atoms with E-state index in [0.29, 0.717) is 17.7 Å². The van der Waals surface area contributed by atoms with Crippen molar-refractivity contribution in [2.45, 2.75) is 45.3 Å². The highest BCUT2D eigenvalue weighted by Gasteiger charge is 2.52. The van der Waals surface area contributed by atoms with Gasteiger partial charge < -0.3 is 19.7 Å². The van der Waals surface area contributed by atoms with Crippen LogP contribution in [0.3, 0.4) is 0 Å². The molecule has 1 fully saturated rings. The normalized spacial score (nSPS) is 19.3. The van der Waals surface area contributed by atoms with Crippen molar-refractivity contribution in [3.63, 3.8) is 0 Å². The molecule has 1 aliphatic rings. The van der Waals surface area contributed by atoms with Gasteiger partial charge >= 0.3 is 13.1 Å². The zero-order valence-corrected chi connectivity index (χ0v) is 15.4. The second-order valence-corrected chi connectivity index (χ2v) is 7.26. The molecule has 1 heterocycles. The molecule has 0 bridgehead atoms. The lowest BCUT2D eigenvalue weighted by Gasteiger charge is -2.32. The lowest BCUT2D eigenvalue weighted by atomic mass is 9.77. The van der Waals surface area contributed by atoms with Crippen LogP contribution in [0.1, 0.15) is 38.8 Å². The number of benzene rings is 1. The number of hydrogen-bond acceptors (Lipinski definition) is 4. The van der Waals surface area contributed by atoms with Crippen molar-refractivity contribution >= 4 is 19.2 Å². The molecule has 0 spiro atoms. The van der Waals surface area contributed by atoms with Crippen LogP contribution in [0, 0.1) is 5.82 Å². The van der Waals surface area contributed by atoms with E-state index in [4.69, 9.17) is 14.4 Å². The molecular weight excluding hydrogens is 324 g/mol. The first-order chi connectivity index (χ1) is 11.6. The summed E-state index contributed by atoms with van der Waals surface area (Å²) in [5, 5.41) is 11.9. The molecule has 0 atom stereocenters. The fraction of sp³-hybridized carbons (Fsp3) is 0.500. The number of likely N-dealkylation sites (N-methyl/N-ethyl adjacent to an activating group) is 1. The van der Waals surface area contributed by atoms with E-state index in [0.717, 1.165) is 5.47 Å². The van der Waals surface area contributed by atoms with Gasteiger partial charge in [0, 0.05) is 12.1 Å². The predicted octanol–water partition coefficient (Wildman–Crippen LogP) is 2.69. The molecule has 0 unspecified atom stereocenters. The summed E-state index contributed by atoms with van der Waals surface area (Å²) in [4.78, 5) is 10.7. The first-order valence-corrected chi connectivity index (χ1v) is 8.26. The van der Waals surface area contributed by atoms with E-state index in [1.54, 1.807) is 25.3 Å². The average Bonchev–Trinajstić information content (AvgIpc) is 2.69. The third-order valence-corrected chi connectivity index (χ3v) is 4.70. The van der Waals surface area contributed by atoms with Crippen molar-refractivity contribution < 1.29 is 23.6 Å². The highest BCUT2D eigenvalue weighted by atomic mass is 19.1. The van der Waals surface area contributed by atoms with Gasteiger partial charge in [0.25, 0.3) is 0 Å². The van der Waals surface area contributed by atoms with Gasteiger partial charge in [0.05, 0.1) is 17.6 Å². The topological polar surface area (TPSA) is 67.8 Å². The largest absolute Gasteiger partial charge is 0.491 e. The maximum Gasteiger partial charge on any atom is 0.491 e. The summed E-state index contributed by atoms with van der Waals surface area (Å²) in [5.41, 5.74) is 0.607. The fourth-order valence-corrected chi connectivity index (χ4v) is 2.57. The molecule has 5 nitrogen and oxygen atoms in total. The maximum atomic E-state index is 14.4. The lowest BCUT2D eigenvalue weighted by molar-refractivity contribution is -0.136. The van der Waals surface area contributed by atoms with Gasteiger partial charge in [-0.2, -0.15) is 0 Å². The third-order valence-electron chi connectivity index (χ3n) is 4.70. The second kappa shape index (κ2) is 7.27. The zero-order chi connectivity index (χ0) is 18.8. The summed E-state index contributed by atoms with van der Waals surface area (Å²) in [6.07, 6.45) is 1.49. The van der Waals surface area contributed by atoms with Gasteiger partial charge in [-0.25, -0.2) is 4.39 Å². The quantitative estimate of drug-likeness (QED) is 0.773. The molecule has 136 valence electrons. The van der Waals surface area contributed by atoms with Crippen molar-refractivity contribution in [1.82, 2.24) is 5.32 Å². The molecule has 25 heavy (non-hydrogen) atoms. The van der Waals surface area contributed by atoms with Crippen LogP contribution in [-0.2, 0) is 20.5 Å². The molecular formula is C18H25BFNO4. The molecule has 0 radical (unpaired) electrons. The minimum absolute atomic E-state index is 0.207. The van der Waals surface area contributed by atoms with Crippen molar-refractivity contribution in [1.29, 1.82) is 0 Å². The molecule has 0 saturated carbocycles. The molecule has 2 rings (SSSR count). The minimum atomic E-state index is -0.990. The van der Waals surface area contributed by atoms with Crippen molar-refractivity contribution in [2.75, 3.05) is 13.6 Å². The summed E-state index contributed by atoms with van der Waals surface area (Å²) in [6.45, 7) is 8.33. The van der Waals surface area contributed by atoms with Crippen LogP contribution < -0.4 is 5.32 Å². The highest BCUT2D eigenvalue weighted by molar-refractivity contribution is 6.55. The molecule has 1 aromatic rings. The van der Waals surface area contributed by atoms with Crippen molar-refractivity contribution in [3.05, 3.63) is 40.6 Å². The smallest absolute Gasteiger partial charge is 0.481 e. The SMILES string of the molecule is CNCC(=Cc1ccc(CC(=O)O)cc1F)B1OC(C)(C)C(C)(C)O1. The molecule has 0 aromatic heterocycles. The Morgan fingerprint density at radius 2 is 1.88 bits per heavy atom. The Bertz CT molecular complexity index is 672. The van der Waals surface area contributed by atoms with Gasteiger partial charge in [-0.3, -0.25) is 4.79 Å². The number of rotatable bonds is 6. The van der Waals surface area contributed by atoms with Crippen molar-refractivity contribution in [3.8, 4) is 0 Å². The number of nitrogens with one attached hydrogen (secondary N) is 1. The van der Waals surface area contributed by atoms with E-state index in [1.807, 2.05) is 27.7 Å². The van der Waals surface area contributed by atoms with Gasteiger partial charge in [0.15, 0.2) is 0 Å². The number of hydrogen-bond donors (Lipinski definition) is 2. The van der Waals surface area contributed by atoms with E-state index in [9.17, 15) is 9.18 Å². The Kier molecular flexibility index (Phi) is 5.71. The fourth-order valence-electron chi connectivity index (χ4n) is 2.57. The Balaban J connectivity index is 2.30. The van der Waals surface area contributed by atoms with E-state index in [1.165, 1.54) is 6.07 Å². The average molecular weight is 349 g/mol. The predicted molar refractivity (Wildman–Crippen MR) is 95.7 cm³/mol. The van der Waals surface area contributed by atoms with Crippen LogP contribution in [0.4, 0.5) is 4.39 Å². The molecule has 0 aliphatic carbocycles. The summed E-state index contributed by atoms with van der Waals surface area (Å²) >= 11 is 0. The van der Waals surface area contributed by atoms with E-state index in [-0.39, 0.29) is 6.42 Å². The Labute approximate surface area is 148 Å². The highest BCUT2D eigenvalue weighted by Crippen LogP contribution is 2.38. The van der Waals surface area contributed by atoms with Crippen LogP contribution in [0.2, 0.25) is 0 Å². The first-order valence-electron chi connectivity index (χ1n) is 8.26.